The number of rotatable bonds is 13. The highest BCUT2D eigenvalue weighted by atomic mass is 16.6. The first-order valence-electron chi connectivity index (χ1n) is 15.9. The van der Waals surface area contributed by atoms with Gasteiger partial charge in [-0.1, -0.05) is 83.5 Å². The van der Waals surface area contributed by atoms with E-state index in [-0.39, 0.29) is 23.8 Å². The molecule has 2 aromatic carbocycles. The maximum absolute atomic E-state index is 14.7. The highest BCUT2D eigenvalue weighted by molar-refractivity contribution is 6.00. The van der Waals surface area contributed by atoms with Gasteiger partial charge in [-0.05, 0) is 94.9 Å². The second-order valence-corrected chi connectivity index (χ2v) is 13.3. The Labute approximate surface area is 260 Å². The van der Waals surface area contributed by atoms with E-state index < -0.39 is 23.8 Å². The molecule has 0 spiro atoms. The molecule has 2 N–H and O–H groups in total. The minimum Gasteiger partial charge on any atom is -0.444 e. The predicted molar refractivity (Wildman–Crippen MR) is 176 cm³/mol. The first-order chi connectivity index (χ1) is 20.1. The van der Waals surface area contributed by atoms with Gasteiger partial charge in [0, 0.05) is 11.7 Å². The van der Waals surface area contributed by atoms with Gasteiger partial charge in [-0.15, -0.1) is 0 Å². The number of amides is 3. The zero-order valence-corrected chi connectivity index (χ0v) is 28.3. The maximum atomic E-state index is 14.7. The minimum absolute atomic E-state index is 0.190. The molecule has 4 unspecified atom stereocenters. The van der Waals surface area contributed by atoms with E-state index >= 15 is 0 Å². The van der Waals surface area contributed by atoms with E-state index in [1.807, 2.05) is 77.1 Å². The Hall–Kier alpha value is -3.35. The SMILES string of the molecule is CCc1ccc(C(C(=O)Nc2c(C)cccc2C)N(C(=O)C(NC(=O)OC(C)(C)C)C(C)CC)C(C)CCC(C)C)cc1. The van der Waals surface area contributed by atoms with Crippen molar-refractivity contribution in [1.29, 1.82) is 0 Å². The van der Waals surface area contributed by atoms with Crippen molar-refractivity contribution in [3.8, 4) is 0 Å². The Morgan fingerprint density at radius 3 is 1.95 bits per heavy atom. The number of nitrogens with one attached hydrogen (secondary N) is 2. The van der Waals surface area contributed by atoms with Gasteiger partial charge in [-0.3, -0.25) is 9.59 Å². The molecule has 4 atom stereocenters. The van der Waals surface area contributed by atoms with Crippen LogP contribution in [0.25, 0.3) is 0 Å². The molecule has 0 saturated carbocycles. The normalized spacial score (nSPS) is 14.4. The third-order valence-electron chi connectivity index (χ3n) is 8.00. The van der Waals surface area contributed by atoms with E-state index in [9.17, 15) is 14.4 Å². The lowest BCUT2D eigenvalue weighted by Crippen LogP contribution is -2.57. The number of hydrogen-bond donors (Lipinski definition) is 2. The van der Waals surface area contributed by atoms with E-state index in [1.54, 1.807) is 25.7 Å². The number of para-hydroxylation sites is 1. The molecule has 0 aromatic heterocycles. The Morgan fingerprint density at radius 1 is 0.884 bits per heavy atom. The Morgan fingerprint density at radius 2 is 1.47 bits per heavy atom. The standard InChI is InChI=1S/C36H55N3O4/c1-12-24(5)31(38-35(42)43-36(9,10)11)34(41)39(27(8)18-17-23(3)4)32(29-21-19-28(13-2)20-22-29)33(40)37-30-25(6)15-14-16-26(30)7/h14-16,19-24,27,31-32H,12-13,17-18H2,1-11H3,(H,37,40)(H,38,42). The third-order valence-corrected chi connectivity index (χ3v) is 8.00. The molecular weight excluding hydrogens is 538 g/mol. The van der Waals surface area contributed by atoms with Crippen LogP contribution in [0.15, 0.2) is 42.5 Å². The van der Waals surface area contributed by atoms with Crippen LogP contribution >= 0.6 is 0 Å². The molecule has 0 radical (unpaired) electrons. The molecule has 0 aliphatic rings. The molecule has 3 amide bonds. The monoisotopic (exact) mass is 593 g/mol. The Bertz CT molecular complexity index is 1200. The lowest BCUT2D eigenvalue weighted by molar-refractivity contribution is -0.144. The van der Waals surface area contributed by atoms with Crippen LogP contribution < -0.4 is 10.6 Å². The molecular formula is C36H55N3O4. The van der Waals surface area contributed by atoms with Gasteiger partial charge in [0.2, 0.25) is 5.91 Å². The van der Waals surface area contributed by atoms with E-state index in [0.717, 1.165) is 40.8 Å². The lowest BCUT2D eigenvalue weighted by Gasteiger charge is -2.40. The van der Waals surface area contributed by atoms with Crippen LogP contribution in [-0.2, 0) is 20.7 Å². The molecule has 43 heavy (non-hydrogen) atoms. The maximum Gasteiger partial charge on any atom is 0.408 e. The fourth-order valence-electron chi connectivity index (χ4n) is 5.17. The van der Waals surface area contributed by atoms with Crippen molar-refractivity contribution in [3.05, 3.63) is 64.7 Å². The smallest absolute Gasteiger partial charge is 0.408 e. The summed E-state index contributed by atoms with van der Waals surface area (Å²) >= 11 is 0. The van der Waals surface area contributed by atoms with E-state index in [1.165, 1.54) is 0 Å². The molecule has 7 nitrogen and oxygen atoms in total. The number of hydrogen-bond acceptors (Lipinski definition) is 4. The van der Waals surface area contributed by atoms with Crippen molar-refractivity contribution in [2.24, 2.45) is 11.8 Å². The van der Waals surface area contributed by atoms with Crippen LogP contribution in [0.1, 0.15) is 110 Å². The summed E-state index contributed by atoms with van der Waals surface area (Å²) in [5.41, 5.74) is 3.80. The van der Waals surface area contributed by atoms with Crippen LogP contribution in [0.4, 0.5) is 10.5 Å². The largest absolute Gasteiger partial charge is 0.444 e. The van der Waals surface area contributed by atoms with Gasteiger partial charge in [0.1, 0.15) is 17.7 Å². The van der Waals surface area contributed by atoms with Gasteiger partial charge >= 0.3 is 6.09 Å². The number of carbonyl (C=O) groups is 3. The first kappa shape index (κ1) is 35.8. The molecule has 0 fully saturated rings. The summed E-state index contributed by atoms with van der Waals surface area (Å²) in [6.07, 6.45) is 2.47. The van der Waals surface area contributed by atoms with Gasteiger partial charge in [-0.2, -0.15) is 0 Å². The van der Waals surface area contributed by atoms with Crippen LogP contribution in [0.3, 0.4) is 0 Å². The van der Waals surface area contributed by atoms with Crippen molar-refractivity contribution >= 4 is 23.6 Å². The summed E-state index contributed by atoms with van der Waals surface area (Å²) in [6.45, 7) is 21.6. The molecule has 0 aliphatic heterocycles. The summed E-state index contributed by atoms with van der Waals surface area (Å²) in [6, 6.07) is 11.8. The van der Waals surface area contributed by atoms with E-state index in [0.29, 0.717) is 18.8 Å². The van der Waals surface area contributed by atoms with Gasteiger partial charge in [0.25, 0.3) is 5.91 Å². The summed E-state index contributed by atoms with van der Waals surface area (Å²) in [5.74, 6) is -0.343. The average molecular weight is 594 g/mol. The second kappa shape index (κ2) is 15.9. The second-order valence-electron chi connectivity index (χ2n) is 13.3. The van der Waals surface area contributed by atoms with Gasteiger partial charge in [-0.25, -0.2) is 4.79 Å². The number of anilines is 1. The summed E-state index contributed by atoms with van der Waals surface area (Å²) in [4.78, 5) is 43.8. The topological polar surface area (TPSA) is 87.7 Å². The molecule has 0 heterocycles. The van der Waals surface area contributed by atoms with Crippen molar-refractivity contribution in [1.82, 2.24) is 10.2 Å². The number of nitrogens with zero attached hydrogens (tertiary/aromatic N) is 1. The third kappa shape index (κ3) is 10.4. The van der Waals surface area contributed by atoms with Gasteiger partial charge in [0.15, 0.2) is 0 Å². The highest BCUT2D eigenvalue weighted by Crippen LogP contribution is 2.31. The molecule has 2 aromatic rings. The van der Waals surface area contributed by atoms with Crippen LogP contribution in [-0.4, -0.2) is 40.5 Å². The van der Waals surface area contributed by atoms with Crippen LogP contribution in [0.2, 0.25) is 0 Å². The molecule has 0 bridgehead atoms. The Balaban J connectivity index is 2.70. The number of benzene rings is 2. The molecule has 2 rings (SSSR count). The summed E-state index contributed by atoms with van der Waals surface area (Å²) in [5, 5.41) is 6.04. The quantitative estimate of drug-likeness (QED) is 0.245. The average Bonchev–Trinajstić information content (AvgIpc) is 2.93. The molecule has 238 valence electrons. The minimum atomic E-state index is -0.911. The van der Waals surface area contributed by atoms with Crippen molar-refractivity contribution in [3.63, 3.8) is 0 Å². The van der Waals surface area contributed by atoms with Crippen molar-refractivity contribution < 1.29 is 19.1 Å². The lowest BCUT2D eigenvalue weighted by atomic mass is 9.92. The zero-order valence-electron chi connectivity index (χ0n) is 28.3. The van der Waals surface area contributed by atoms with Crippen LogP contribution in [0, 0.1) is 25.7 Å². The Kier molecular flexibility index (Phi) is 13.3. The molecule has 0 aliphatic carbocycles. The van der Waals surface area contributed by atoms with Gasteiger partial charge in [0.05, 0.1) is 0 Å². The van der Waals surface area contributed by atoms with E-state index in [4.69, 9.17) is 4.74 Å². The number of aryl methyl sites for hydroxylation is 3. The van der Waals surface area contributed by atoms with Crippen molar-refractivity contribution in [2.75, 3.05) is 5.32 Å². The number of ether oxygens (including phenoxy) is 1. The highest BCUT2D eigenvalue weighted by Gasteiger charge is 2.40. The predicted octanol–water partition coefficient (Wildman–Crippen LogP) is 8.14. The summed E-state index contributed by atoms with van der Waals surface area (Å²) < 4.78 is 5.56. The number of alkyl carbamates (subject to hydrolysis) is 1. The fourth-order valence-corrected chi connectivity index (χ4v) is 5.17. The summed E-state index contributed by atoms with van der Waals surface area (Å²) in [7, 11) is 0. The zero-order chi connectivity index (χ0) is 32.5. The first-order valence-corrected chi connectivity index (χ1v) is 15.9. The number of carbonyl (C=O) groups excluding carboxylic acids is 3. The van der Waals surface area contributed by atoms with E-state index in [2.05, 4.69) is 31.4 Å². The molecule has 7 heteroatoms. The fraction of sp³-hybridized carbons (Fsp3) is 0.583. The van der Waals surface area contributed by atoms with Crippen LogP contribution in [0.5, 0.6) is 0 Å². The van der Waals surface area contributed by atoms with Gasteiger partial charge < -0.3 is 20.3 Å². The molecule has 0 saturated heterocycles. The van der Waals surface area contributed by atoms with Crippen molar-refractivity contribution in [2.45, 2.75) is 126 Å².